The highest BCUT2D eigenvalue weighted by Crippen LogP contribution is 2.25. The fraction of sp³-hybridized carbons (Fsp3) is 0.400. The molecule has 0 heterocycles. The average molecular weight is 180 g/mol. The van der Waals surface area contributed by atoms with Gasteiger partial charge in [-0.25, -0.2) is 0 Å². The van der Waals surface area contributed by atoms with Crippen LogP contribution >= 0.6 is 0 Å². The van der Waals surface area contributed by atoms with Crippen molar-refractivity contribution in [1.82, 2.24) is 0 Å². The second-order valence-corrected chi connectivity index (χ2v) is 2.85. The third-order valence-electron chi connectivity index (χ3n) is 1.76. The maximum Gasteiger partial charge on any atom is 0.144 e. The van der Waals surface area contributed by atoms with Crippen LogP contribution in [0.4, 0.5) is 11.4 Å². The van der Waals surface area contributed by atoms with Gasteiger partial charge in [-0.2, -0.15) is 0 Å². The van der Waals surface area contributed by atoms with Gasteiger partial charge in [-0.1, -0.05) is 6.92 Å². The highest BCUT2D eigenvalue weighted by Gasteiger charge is 2.00. The fourth-order valence-corrected chi connectivity index (χ4v) is 1.03. The van der Waals surface area contributed by atoms with Gasteiger partial charge in [0.05, 0.1) is 12.3 Å². The summed E-state index contributed by atoms with van der Waals surface area (Å²) in [6.45, 7) is 2.77. The van der Waals surface area contributed by atoms with Gasteiger partial charge in [0.1, 0.15) is 5.75 Å². The SMILES string of the molecule is CCCOc1cc(NC)ccc1N. The number of hydrogen-bond donors (Lipinski definition) is 2. The number of rotatable bonds is 4. The summed E-state index contributed by atoms with van der Waals surface area (Å²) in [5.74, 6) is 0.758. The molecule has 0 aliphatic heterocycles. The molecule has 0 fully saturated rings. The lowest BCUT2D eigenvalue weighted by Gasteiger charge is -2.09. The summed E-state index contributed by atoms with van der Waals surface area (Å²) in [6, 6.07) is 5.68. The van der Waals surface area contributed by atoms with E-state index in [2.05, 4.69) is 12.2 Å². The molecule has 72 valence electrons. The molecule has 0 aliphatic rings. The number of nitrogen functional groups attached to an aromatic ring is 1. The number of nitrogens with two attached hydrogens (primary N) is 1. The zero-order valence-electron chi connectivity index (χ0n) is 8.13. The van der Waals surface area contributed by atoms with Gasteiger partial charge < -0.3 is 15.8 Å². The minimum absolute atomic E-state index is 0.687. The van der Waals surface area contributed by atoms with Crippen molar-refractivity contribution in [3.05, 3.63) is 18.2 Å². The van der Waals surface area contributed by atoms with E-state index in [1.165, 1.54) is 0 Å². The van der Waals surface area contributed by atoms with Crippen LogP contribution in [0.2, 0.25) is 0 Å². The Bertz CT molecular complexity index is 274. The van der Waals surface area contributed by atoms with Crippen molar-refractivity contribution in [2.24, 2.45) is 0 Å². The molecule has 0 amide bonds. The Labute approximate surface area is 78.9 Å². The number of ether oxygens (including phenoxy) is 1. The summed E-state index contributed by atoms with van der Waals surface area (Å²) in [4.78, 5) is 0. The van der Waals surface area contributed by atoms with Crippen LogP contribution < -0.4 is 15.8 Å². The van der Waals surface area contributed by atoms with Gasteiger partial charge in [-0.05, 0) is 18.6 Å². The Morgan fingerprint density at radius 3 is 2.85 bits per heavy atom. The van der Waals surface area contributed by atoms with Crippen molar-refractivity contribution in [2.45, 2.75) is 13.3 Å². The quantitative estimate of drug-likeness (QED) is 0.697. The van der Waals surface area contributed by atoms with Gasteiger partial charge in [0.2, 0.25) is 0 Å². The van der Waals surface area contributed by atoms with Crippen molar-refractivity contribution >= 4 is 11.4 Å². The van der Waals surface area contributed by atoms with E-state index < -0.39 is 0 Å². The number of nitrogens with one attached hydrogen (secondary N) is 1. The summed E-state index contributed by atoms with van der Waals surface area (Å²) >= 11 is 0. The van der Waals surface area contributed by atoms with Crippen molar-refractivity contribution < 1.29 is 4.74 Å². The van der Waals surface area contributed by atoms with E-state index >= 15 is 0 Å². The molecular formula is C10H16N2O. The van der Waals surface area contributed by atoms with Crippen LogP contribution in [-0.4, -0.2) is 13.7 Å². The third kappa shape index (κ3) is 2.54. The lowest BCUT2D eigenvalue weighted by atomic mass is 10.2. The van der Waals surface area contributed by atoms with Crippen LogP contribution in [-0.2, 0) is 0 Å². The highest BCUT2D eigenvalue weighted by molar-refractivity contribution is 5.61. The predicted molar refractivity (Wildman–Crippen MR) is 56.2 cm³/mol. The molecule has 1 aromatic rings. The normalized spacial score (nSPS) is 9.69. The maximum atomic E-state index is 5.73. The van der Waals surface area contributed by atoms with Crippen LogP contribution in [0.3, 0.4) is 0 Å². The van der Waals surface area contributed by atoms with E-state index in [0.717, 1.165) is 17.9 Å². The highest BCUT2D eigenvalue weighted by atomic mass is 16.5. The molecular weight excluding hydrogens is 164 g/mol. The molecule has 0 aromatic heterocycles. The van der Waals surface area contributed by atoms with E-state index in [-0.39, 0.29) is 0 Å². The molecule has 0 unspecified atom stereocenters. The van der Waals surface area contributed by atoms with Crippen LogP contribution in [0.15, 0.2) is 18.2 Å². The van der Waals surface area contributed by atoms with E-state index in [1.54, 1.807) is 0 Å². The molecule has 0 bridgehead atoms. The Kier molecular flexibility index (Phi) is 3.43. The maximum absolute atomic E-state index is 5.73. The standard InChI is InChI=1S/C10H16N2O/c1-3-6-13-10-7-8(12-2)4-5-9(10)11/h4-5,7,12H,3,6,11H2,1-2H3. The zero-order valence-corrected chi connectivity index (χ0v) is 8.13. The summed E-state index contributed by atoms with van der Waals surface area (Å²) < 4.78 is 5.46. The molecule has 0 atom stereocenters. The van der Waals surface area contributed by atoms with Gasteiger partial charge in [0.25, 0.3) is 0 Å². The van der Waals surface area contributed by atoms with Crippen LogP contribution in [0.1, 0.15) is 13.3 Å². The van der Waals surface area contributed by atoms with Crippen molar-refractivity contribution in [2.75, 3.05) is 24.7 Å². The van der Waals surface area contributed by atoms with Crippen LogP contribution in [0.25, 0.3) is 0 Å². The molecule has 0 saturated heterocycles. The predicted octanol–water partition coefficient (Wildman–Crippen LogP) is 2.10. The molecule has 0 aliphatic carbocycles. The molecule has 3 nitrogen and oxygen atoms in total. The summed E-state index contributed by atoms with van der Waals surface area (Å²) in [6.07, 6.45) is 0.989. The van der Waals surface area contributed by atoms with Crippen LogP contribution in [0, 0.1) is 0 Å². The summed E-state index contributed by atoms with van der Waals surface area (Å²) in [7, 11) is 1.87. The zero-order chi connectivity index (χ0) is 9.68. The van der Waals surface area contributed by atoms with E-state index in [4.69, 9.17) is 10.5 Å². The Balaban J connectivity index is 2.78. The largest absolute Gasteiger partial charge is 0.491 e. The molecule has 0 spiro atoms. The molecule has 0 saturated carbocycles. The smallest absolute Gasteiger partial charge is 0.144 e. The Hall–Kier alpha value is -1.38. The topological polar surface area (TPSA) is 47.3 Å². The molecule has 1 rings (SSSR count). The number of hydrogen-bond acceptors (Lipinski definition) is 3. The van der Waals surface area contributed by atoms with Crippen molar-refractivity contribution in [1.29, 1.82) is 0 Å². The first-order valence-corrected chi connectivity index (χ1v) is 4.48. The van der Waals surface area contributed by atoms with Gasteiger partial charge in [0, 0.05) is 18.8 Å². The van der Waals surface area contributed by atoms with E-state index in [9.17, 15) is 0 Å². The minimum atomic E-state index is 0.687. The molecule has 1 aromatic carbocycles. The van der Waals surface area contributed by atoms with Crippen molar-refractivity contribution in [3.8, 4) is 5.75 Å². The molecule has 0 radical (unpaired) electrons. The first-order chi connectivity index (χ1) is 6.27. The van der Waals surface area contributed by atoms with E-state index in [1.807, 2.05) is 25.2 Å². The Morgan fingerprint density at radius 2 is 2.23 bits per heavy atom. The summed E-state index contributed by atoms with van der Waals surface area (Å²) in [5, 5.41) is 3.04. The van der Waals surface area contributed by atoms with Gasteiger partial charge in [-0.3, -0.25) is 0 Å². The van der Waals surface area contributed by atoms with Gasteiger partial charge in [0.15, 0.2) is 0 Å². The average Bonchev–Trinajstić information content (AvgIpc) is 2.17. The molecule has 3 heteroatoms. The lowest BCUT2D eigenvalue weighted by Crippen LogP contribution is -2.00. The molecule has 13 heavy (non-hydrogen) atoms. The van der Waals surface area contributed by atoms with Crippen molar-refractivity contribution in [3.63, 3.8) is 0 Å². The Morgan fingerprint density at radius 1 is 1.46 bits per heavy atom. The fourth-order valence-electron chi connectivity index (χ4n) is 1.03. The third-order valence-corrected chi connectivity index (χ3v) is 1.76. The van der Waals surface area contributed by atoms with E-state index in [0.29, 0.717) is 12.3 Å². The number of anilines is 2. The minimum Gasteiger partial charge on any atom is -0.491 e. The van der Waals surface area contributed by atoms with Gasteiger partial charge in [-0.15, -0.1) is 0 Å². The molecule has 3 N–H and O–H groups in total. The first-order valence-electron chi connectivity index (χ1n) is 4.48. The monoisotopic (exact) mass is 180 g/mol. The lowest BCUT2D eigenvalue weighted by molar-refractivity contribution is 0.319. The summed E-state index contributed by atoms with van der Waals surface area (Å²) in [5.41, 5.74) is 7.43. The van der Waals surface area contributed by atoms with Gasteiger partial charge >= 0.3 is 0 Å². The second-order valence-electron chi connectivity index (χ2n) is 2.85. The second kappa shape index (κ2) is 4.60. The number of benzene rings is 1. The van der Waals surface area contributed by atoms with Crippen LogP contribution in [0.5, 0.6) is 5.75 Å². The first kappa shape index (κ1) is 9.71.